The molecule has 0 spiro atoms. The Morgan fingerprint density at radius 2 is 2.11 bits per heavy atom. The SMILES string of the molecule is Cc1ccccc1[C@H](CNC(=O)N(C)Cc1ncc[nH]1)N1CCC(C)CC1. The van der Waals surface area contributed by atoms with Crippen LogP contribution in [0.5, 0.6) is 0 Å². The van der Waals surface area contributed by atoms with Crippen molar-refractivity contribution in [2.45, 2.75) is 39.3 Å². The lowest BCUT2D eigenvalue weighted by Crippen LogP contribution is -2.45. The molecule has 1 fully saturated rings. The van der Waals surface area contributed by atoms with Crippen molar-refractivity contribution in [3.63, 3.8) is 0 Å². The van der Waals surface area contributed by atoms with Crippen LogP contribution in [0.25, 0.3) is 0 Å². The van der Waals surface area contributed by atoms with Gasteiger partial charge in [-0.25, -0.2) is 9.78 Å². The summed E-state index contributed by atoms with van der Waals surface area (Å²) < 4.78 is 0. The van der Waals surface area contributed by atoms with Gasteiger partial charge in [-0.3, -0.25) is 4.90 Å². The molecule has 1 aliphatic rings. The highest BCUT2D eigenvalue weighted by Crippen LogP contribution is 2.28. The number of nitrogens with zero attached hydrogens (tertiary/aromatic N) is 3. The van der Waals surface area contributed by atoms with Gasteiger partial charge in [-0.2, -0.15) is 0 Å². The summed E-state index contributed by atoms with van der Waals surface area (Å²) in [5.74, 6) is 1.57. The number of imidazole rings is 1. The van der Waals surface area contributed by atoms with E-state index in [1.807, 2.05) is 0 Å². The quantitative estimate of drug-likeness (QED) is 0.821. The summed E-state index contributed by atoms with van der Waals surface area (Å²) in [6, 6.07) is 8.64. The summed E-state index contributed by atoms with van der Waals surface area (Å²) in [5, 5.41) is 3.13. The molecule has 1 atom stereocenters. The molecule has 2 heterocycles. The monoisotopic (exact) mass is 369 g/mol. The van der Waals surface area contributed by atoms with Gasteiger partial charge < -0.3 is 15.2 Å². The second kappa shape index (κ2) is 9.04. The maximum atomic E-state index is 12.6. The summed E-state index contributed by atoms with van der Waals surface area (Å²) in [6.45, 7) is 7.72. The number of carbonyl (C=O) groups excluding carboxylic acids is 1. The van der Waals surface area contributed by atoms with E-state index in [-0.39, 0.29) is 12.1 Å². The third-order valence-corrected chi connectivity index (χ3v) is 5.54. The number of H-pyrrole nitrogens is 1. The molecule has 2 aromatic rings. The number of amides is 2. The molecule has 3 rings (SSSR count). The topological polar surface area (TPSA) is 64.3 Å². The van der Waals surface area contributed by atoms with Crippen LogP contribution in [0.1, 0.15) is 42.8 Å². The van der Waals surface area contributed by atoms with Crippen LogP contribution in [0.2, 0.25) is 0 Å². The average Bonchev–Trinajstić information content (AvgIpc) is 3.17. The van der Waals surface area contributed by atoms with Crippen molar-refractivity contribution in [1.82, 2.24) is 25.1 Å². The van der Waals surface area contributed by atoms with E-state index < -0.39 is 0 Å². The smallest absolute Gasteiger partial charge is 0.317 e. The van der Waals surface area contributed by atoms with Crippen LogP contribution >= 0.6 is 0 Å². The van der Waals surface area contributed by atoms with Gasteiger partial charge in [0.1, 0.15) is 5.82 Å². The van der Waals surface area contributed by atoms with Gasteiger partial charge in [0.2, 0.25) is 0 Å². The van der Waals surface area contributed by atoms with Crippen molar-refractivity contribution in [2.24, 2.45) is 5.92 Å². The lowest BCUT2D eigenvalue weighted by molar-refractivity contribution is 0.133. The van der Waals surface area contributed by atoms with Crippen LogP contribution in [0.15, 0.2) is 36.7 Å². The van der Waals surface area contributed by atoms with Gasteiger partial charge in [0.05, 0.1) is 12.6 Å². The number of urea groups is 1. The Morgan fingerprint density at radius 3 is 2.78 bits per heavy atom. The maximum Gasteiger partial charge on any atom is 0.317 e. The van der Waals surface area contributed by atoms with Crippen molar-refractivity contribution >= 4 is 6.03 Å². The molecule has 27 heavy (non-hydrogen) atoms. The number of carbonyl (C=O) groups is 1. The molecule has 0 radical (unpaired) electrons. The third kappa shape index (κ3) is 5.10. The number of piperidine rings is 1. The second-order valence-electron chi connectivity index (χ2n) is 7.67. The van der Waals surface area contributed by atoms with E-state index in [1.165, 1.54) is 24.0 Å². The minimum atomic E-state index is -0.0737. The average molecular weight is 370 g/mol. The minimum absolute atomic E-state index is 0.0737. The highest BCUT2D eigenvalue weighted by Gasteiger charge is 2.26. The molecule has 0 unspecified atom stereocenters. The molecule has 1 aromatic carbocycles. The van der Waals surface area contributed by atoms with Crippen molar-refractivity contribution in [2.75, 3.05) is 26.7 Å². The van der Waals surface area contributed by atoms with Gasteiger partial charge in [-0.15, -0.1) is 0 Å². The summed E-state index contributed by atoms with van der Waals surface area (Å²) in [4.78, 5) is 24.0. The summed E-state index contributed by atoms with van der Waals surface area (Å²) >= 11 is 0. The van der Waals surface area contributed by atoms with E-state index in [9.17, 15) is 4.79 Å². The van der Waals surface area contributed by atoms with E-state index in [0.29, 0.717) is 13.1 Å². The number of aryl methyl sites for hydroxylation is 1. The fraction of sp³-hybridized carbons (Fsp3) is 0.524. The van der Waals surface area contributed by atoms with E-state index >= 15 is 0 Å². The van der Waals surface area contributed by atoms with Crippen LogP contribution in [0, 0.1) is 12.8 Å². The molecule has 0 aliphatic carbocycles. The highest BCUT2D eigenvalue weighted by atomic mass is 16.2. The second-order valence-corrected chi connectivity index (χ2v) is 7.67. The van der Waals surface area contributed by atoms with E-state index in [2.05, 4.69) is 58.3 Å². The largest absolute Gasteiger partial charge is 0.347 e. The van der Waals surface area contributed by atoms with Gasteiger partial charge in [0.15, 0.2) is 0 Å². The number of nitrogens with one attached hydrogen (secondary N) is 2. The molecule has 6 nitrogen and oxygen atoms in total. The molecular weight excluding hydrogens is 338 g/mol. The van der Waals surface area contributed by atoms with Crippen LogP contribution in [0.3, 0.4) is 0 Å². The Hall–Kier alpha value is -2.34. The zero-order chi connectivity index (χ0) is 19.2. The van der Waals surface area contributed by atoms with Crippen LogP contribution in [0.4, 0.5) is 4.79 Å². The first-order chi connectivity index (χ1) is 13.0. The molecular formula is C21H31N5O. The highest BCUT2D eigenvalue weighted by molar-refractivity contribution is 5.73. The molecule has 0 bridgehead atoms. The third-order valence-electron chi connectivity index (χ3n) is 5.54. The molecule has 1 aliphatic heterocycles. The van der Waals surface area contributed by atoms with Crippen LogP contribution < -0.4 is 5.32 Å². The first-order valence-electron chi connectivity index (χ1n) is 9.81. The number of hydrogen-bond donors (Lipinski definition) is 2. The van der Waals surface area contributed by atoms with Crippen molar-refractivity contribution in [3.8, 4) is 0 Å². The molecule has 6 heteroatoms. The number of aromatic nitrogens is 2. The van der Waals surface area contributed by atoms with Gasteiger partial charge in [-0.05, 0) is 49.9 Å². The molecule has 146 valence electrons. The van der Waals surface area contributed by atoms with Crippen LogP contribution in [-0.2, 0) is 6.54 Å². The standard InChI is InChI=1S/C21H31N5O/c1-16-8-12-26(13-9-16)19(18-7-5-4-6-17(18)2)14-24-21(27)25(3)15-20-22-10-11-23-20/h4-7,10-11,16,19H,8-9,12-15H2,1-3H3,(H,22,23)(H,24,27)/t19-/m0/s1. The van der Waals surface area contributed by atoms with Crippen molar-refractivity contribution < 1.29 is 4.79 Å². The van der Waals surface area contributed by atoms with E-state index in [0.717, 1.165) is 24.8 Å². The number of hydrogen-bond acceptors (Lipinski definition) is 3. The molecule has 1 saturated heterocycles. The first kappa shape index (κ1) is 19.4. The number of likely N-dealkylation sites (tertiary alicyclic amines) is 1. The predicted molar refractivity (Wildman–Crippen MR) is 107 cm³/mol. The maximum absolute atomic E-state index is 12.6. The molecule has 2 amide bonds. The fourth-order valence-electron chi connectivity index (χ4n) is 3.74. The Labute approximate surface area is 162 Å². The normalized spacial score (nSPS) is 16.9. The lowest BCUT2D eigenvalue weighted by atomic mass is 9.94. The number of aromatic amines is 1. The number of rotatable bonds is 6. The minimum Gasteiger partial charge on any atom is -0.347 e. The molecule has 2 N–H and O–H groups in total. The Morgan fingerprint density at radius 1 is 1.37 bits per heavy atom. The van der Waals surface area contributed by atoms with Crippen molar-refractivity contribution in [3.05, 3.63) is 53.6 Å². The van der Waals surface area contributed by atoms with Gasteiger partial charge in [0.25, 0.3) is 0 Å². The van der Waals surface area contributed by atoms with Gasteiger partial charge >= 0.3 is 6.03 Å². The molecule has 1 aromatic heterocycles. The molecule has 0 saturated carbocycles. The predicted octanol–water partition coefficient (Wildman–Crippen LogP) is 3.33. The summed E-state index contributed by atoms with van der Waals surface area (Å²) in [5.41, 5.74) is 2.58. The Balaban J connectivity index is 1.66. The lowest BCUT2D eigenvalue weighted by Gasteiger charge is -2.38. The van der Waals surface area contributed by atoms with E-state index in [1.54, 1.807) is 24.3 Å². The zero-order valence-electron chi connectivity index (χ0n) is 16.6. The number of benzene rings is 1. The Bertz CT molecular complexity index is 722. The van der Waals surface area contributed by atoms with Crippen LogP contribution in [-0.4, -0.2) is 52.5 Å². The zero-order valence-corrected chi connectivity index (χ0v) is 16.6. The fourth-order valence-corrected chi connectivity index (χ4v) is 3.74. The van der Waals surface area contributed by atoms with Gasteiger partial charge in [-0.1, -0.05) is 31.2 Å². The van der Waals surface area contributed by atoms with Crippen molar-refractivity contribution in [1.29, 1.82) is 0 Å². The van der Waals surface area contributed by atoms with E-state index in [4.69, 9.17) is 0 Å². The Kier molecular flexibility index (Phi) is 6.50. The van der Waals surface area contributed by atoms with Gasteiger partial charge in [0, 0.05) is 26.0 Å². The summed E-state index contributed by atoms with van der Waals surface area (Å²) in [6.07, 6.45) is 5.91. The summed E-state index contributed by atoms with van der Waals surface area (Å²) in [7, 11) is 1.79. The first-order valence-corrected chi connectivity index (χ1v) is 9.81.